The Bertz CT molecular complexity index is 151. The summed E-state index contributed by atoms with van der Waals surface area (Å²) in [6.45, 7) is 4.60. The molecule has 0 saturated heterocycles. The van der Waals surface area contributed by atoms with E-state index in [4.69, 9.17) is 0 Å². The molecule has 0 fully saturated rings. The Morgan fingerprint density at radius 3 is 2.44 bits per heavy atom. The lowest BCUT2D eigenvalue weighted by atomic mass is 9.95. The Balaban J connectivity index is 1.62. The molecule has 2 aliphatic rings. The Morgan fingerprint density at radius 1 is 1.33 bits per heavy atom. The molecule has 9 heavy (non-hydrogen) atoms. The molecule has 0 radical (unpaired) electrons. The van der Waals surface area contributed by atoms with Crippen molar-refractivity contribution in [3.63, 3.8) is 0 Å². The lowest BCUT2D eigenvalue weighted by Crippen LogP contribution is -1.98. The van der Waals surface area contributed by atoms with Crippen molar-refractivity contribution in [1.82, 2.24) is 0 Å². The zero-order valence-corrected chi connectivity index (χ0v) is 6.28. The van der Waals surface area contributed by atoms with Gasteiger partial charge in [-0.1, -0.05) is 37.8 Å². The van der Waals surface area contributed by atoms with Crippen LogP contribution in [0.3, 0.4) is 0 Å². The van der Waals surface area contributed by atoms with E-state index in [1.165, 1.54) is 19.3 Å². The Labute approximate surface area is 57.0 Å². The van der Waals surface area contributed by atoms with Crippen LogP contribution in [0.1, 0.15) is 33.1 Å². The van der Waals surface area contributed by atoms with Gasteiger partial charge in [0, 0.05) is 5.92 Å². The van der Waals surface area contributed by atoms with Crippen molar-refractivity contribution in [2.24, 2.45) is 11.8 Å². The molecule has 2 aliphatic carbocycles. The highest BCUT2D eigenvalue weighted by Gasteiger charge is 2.55. The quantitative estimate of drug-likeness (QED) is 0.505. The van der Waals surface area contributed by atoms with Gasteiger partial charge in [0.05, 0.1) is 0 Å². The standard InChI is InChI=1S/C9H14/c1-3-4-5-7-8-6(2)9(7)8/h6-7H,3-5H2,1-2H3. The van der Waals surface area contributed by atoms with E-state index in [1.807, 2.05) is 11.1 Å². The van der Waals surface area contributed by atoms with Crippen LogP contribution in [0.4, 0.5) is 0 Å². The van der Waals surface area contributed by atoms with Gasteiger partial charge in [-0.2, -0.15) is 0 Å². The maximum absolute atomic E-state index is 2.33. The third-order valence-corrected chi connectivity index (χ3v) is 2.70. The monoisotopic (exact) mass is 122 g/mol. The van der Waals surface area contributed by atoms with Crippen LogP contribution < -0.4 is 0 Å². The average Bonchev–Trinajstić information content (AvgIpc) is 2.69. The molecule has 0 spiro atoms. The summed E-state index contributed by atoms with van der Waals surface area (Å²) in [7, 11) is 0. The van der Waals surface area contributed by atoms with Gasteiger partial charge in [0.25, 0.3) is 0 Å². The van der Waals surface area contributed by atoms with E-state index in [0.717, 1.165) is 11.8 Å². The second kappa shape index (κ2) is 1.62. The highest BCUT2D eigenvalue weighted by molar-refractivity contribution is 5.63. The predicted octanol–water partition coefficient (Wildman–Crippen LogP) is 2.75. The maximum Gasteiger partial charge on any atom is 0.00250 e. The molecular weight excluding hydrogens is 108 g/mol. The van der Waals surface area contributed by atoms with Gasteiger partial charge < -0.3 is 0 Å². The van der Waals surface area contributed by atoms with Crippen LogP contribution in [0.25, 0.3) is 0 Å². The Hall–Kier alpha value is -0.260. The Kier molecular flexibility index (Phi) is 0.992. The highest BCUT2D eigenvalue weighted by Crippen LogP contribution is 2.67. The normalized spacial score (nSPS) is 24.7. The second-order valence-corrected chi connectivity index (χ2v) is 3.33. The summed E-state index contributed by atoms with van der Waals surface area (Å²) in [5.41, 5.74) is 3.65. The molecule has 0 atom stereocenters. The fraction of sp³-hybridized carbons (Fsp3) is 0.778. The van der Waals surface area contributed by atoms with Gasteiger partial charge >= 0.3 is 0 Å². The first-order valence-electron chi connectivity index (χ1n) is 4.10. The number of allylic oxidation sites excluding steroid dienone is 2. The van der Waals surface area contributed by atoms with E-state index in [1.54, 1.807) is 0 Å². The summed E-state index contributed by atoms with van der Waals surface area (Å²) < 4.78 is 0. The minimum absolute atomic E-state index is 0.965. The highest BCUT2D eigenvalue weighted by atomic mass is 14.6. The number of rotatable bonds is 3. The average molecular weight is 122 g/mol. The van der Waals surface area contributed by atoms with Gasteiger partial charge in [-0.15, -0.1) is 0 Å². The van der Waals surface area contributed by atoms with Gasteiger partial charge in [0.2, 0.25) is 0 Å². The summed E-state index contributed by atoms with van der Waals surface area (Å²) in [6.07, 6.45) is 4.27. The molecular formula is C9H14. The van der Waals surface area contributed by atoms with Gasteiger partial charge in [-0.3, -0.25) is 0 Å². The van der Waals surface area contributed by atoms with Gasteiger partial charge in [0.15, 0.2) is 0 Å². The number of hydrogen-bond donors (Lipinski definition) is 0. The van der Waals surface area contributed by atoms with E-state index in [9.17, 15) is 0 Å². The first-order chi connectivity index (χ1) is 4.36. The minimum atomic E-state index is 0.965. The fourth-order valence-corrected chi connectivity index (χ4v) is 1.92. The molecule has 0 unspecified atom stereocenters. The molecule has 2 rings (SSSR count). The number of unbranched alkanes of at least 4 members (excludes halogenated alkanes) is 1. The lowest BCUT2D eigenvalue weighted by Gasteiger charge is -2.09. The van der Waals surface area contributed by atoms with Crippen molar-refractivity contribution < 1.29 is 0 Å². The van der Waals surface area contributed by atoms with Crippen LogP contribution in [0.2, 0.25) is 0 Å². The van der Waals surface area contributed by atoms with Crippen LogP contribution in [0.5, 0.6) is 0 Å². The van der Waals surface area contributed by atoms with Crippen molar-refractivity contribution in [3.8, 4) is 0 Å². The third-order valence-electron chi connectivity index (χ3n) is 2.70. The van der Waals surface area contributed by atoms with Crippen LogP contribution >= 0.6 is 0 Å². The smallest absolute Gasteiger partial charge is 0.00250 e. The first-order valence-corrected chi connectivity index (χ1v) is 4.10. The summed E-state index contributed by atoms with van der Waals surface area (Å²) in [5, 5.41) is 0. The van der Waals surface area contributed by atoms with E-state index < -0.39 is 0 Å². The molecule has 0 aromatic heterocycles. The SMILES string of the molecule is CCCCC1C2=C1C2C. The van der Waals surface area contributed by atoms with E-state index >= 15 is 0 Å². The molecule has 0 saturated carbocycles. The molecule has 0 bridgehead atoms. The summed E-state index contributed by atoms with van der Waals surface area (Å²) in [5.74, 6) is 1.99. The maximum atomic E-state index is 2.33. The van der Waals surface area contributed by atoms with Crippen LogP contribution in [-0.4, -0.2) is 0 Å². The van der Waals surface area contributed by atoms with Crippen LogP contribution in [-0.2, 0) is 0 Å². The molecule has 50 valence electrons. The van der Waals surface area contributed by atoms with Crippen LogP contribution in [0.15, 0.2) is 11.1 Å². The third kappa shape index (κ3) is 0.654. The zero-order valence-electron chi connectivity index (χ0n) is 6.28. The van der Waals surface area contributed by atoms with Gasteiger partial charge in [-0.05, 0) is 12.3 Å². The van der Waals surface area contributed by atoms with Crippen molar-refractivity contribution in [2.45, 2.75) is 33.1 Å². The van der Waals surface area contributed by atoms with Crippen molar-refractivity contribution in [3.05, 3.63) is 11.1 Å². The van der Waals surface area contributed by atoms with E-state index in [-0.39, 0.29) is 0 Å². The fourth-order valence-electron chi connectivity index (χ4n) is 1.92. The van der Waals surface area contributed by atoms with Crippen LogP contribution in [0, 0.1) is 11.8 Å². The molecule has 0 aromatic rings. The largest absolute Gasteiger partial charge is 0.0654 e. The molecule has 0 N–H and O–H groups in total. The summed E-state index contributed by atoms with van der Waals surface area (Å²) in [4.78, 5) is 0. The molecule has 0 amide bonds. The molecule has 0 heteroatoms. The number of hydrogen-bond acceptors (Lipinski definition) is 0. The lowest BCUT2D eigenvalue weighted by molar-refractivity contribution is 0.583. The van der Waals surface area contributed by atoms with Gasteiger partial charge in [-0.25, -0.2) is 0 Å². The molecule has 0 nitrogen and oxygen atoms in total. The van der Waals surface area contributed by atoms with Gasteiger partial charge in [0.1, 0.15) is 0 Å². The second-order valence-electron chi connectivity index (χ2n) is 3.33. The first kappa shape index (κ1) is 5.52. The van der Waals surface area contributed by atoms with Crippen molar-refractivity contribution >= 4 is 0 Å². The van der Waals surface area contributed by atoms with E-state index in [0.29, 0.717) is 0 Å². The Morgan fingerprint density at radius 2 is 2.00 bits per heavy atom. The molecule has 0 aliphatic heterocycles. The zero-order chi connectivity index (χ0) is 6.43. The van der Waals surface area contributed by atoms with Crippen molar-refractivity contribution in [1.29, 1.82) is 0 Å². The summed E-state index contributed by atoms with van der Waals surface area (Å²) >= 11 is 0. The van der Waals surface area contributed by atoms with Crippen molar-refractivity contribution in [2.75, 3.05) is 0 Å². The molecule has 0 aromatic carbocycles. The topological polar surface area (TPSA) is 0 Å². The summed E-state index contributed by atoms with van der Waals surface area (Å²) in [6, 6.07) is 0. The molecule has 0 heterocycles. The minimum Gasteiger partial charge on any atom is -0.0654 e. The van der Waals surface area contributed by atoms with E-state index in [2.05, 4.69) is 13.8 Å². The predicted molar refractivity (Wildman–Crippen MR) is 39.2 cm³/mol.